The highest BCUT2D eigenvalue weighted by Gasteiger charge is 2.42. The van der Waals surface area contributed by atoms with Crippen molar-refractivity contribution in [3.8, 4) is 0 Å². The van der Waals surface area contributed by atoms with Crippen LogP contribution < -0.4 is 16.8 Å². The van der Waals surface area contributed by atoms with Gasteiger partial charge in [-0.15, -0.1) is 0 Å². The molecule has 21 heavy (non-hydrogen) atoms. The number of likely N-dealkylation sites (tertiary alicyclic amines) is 1. The van der Waals surface area contributed by atoms with Crippen molar-refractivity contribution in [1.29, 1.82) is 0 Å². The van der Waals surface area contributed by atoms with E-state index in [0.29, 0.717) is 18.8 Å². The van der Waals surface area contributed by atoms with Crippen LogP contribution in [0.4, 0.5) is 0 Å². The van der Waals surface area contributed by atoms with E-state index < -0.39 is 24.0 Å². The van der Waals surface area contributed by atoms with E-state index in [1.54, 1.807) is 6.92 Å². The predicted octanol–water partition coefficient (Wildman–Crippen LogP) is -0.661. The molecule has 1 aliphatic rings. The summed E-state index contributed by atoms with van der Waals surface area (Å²) >= 11 is 0. The third-order valence-corrected chi connectivity index (χ3v) is 3.81. The van der Waals surface area contributed by atoms with Crippen LogP contribution in [0.2, 0.25) is 0 Å². The number of carbonyl (C=O) groups is 3. The minimum Gasteiger partial charge on any atom is -0.368 e. The number of primary amides is 1. The van der Waals surface area contributed by atoms with E-state index in [4.69, 9.17) is 11.5 Å². The summed E-state index contributed by atoms with van der Waals surface area (Å²) in [4.78, 5) is 37.0. The minimum absolute atomic E-state index is 0.147. The van der Waals surface area contributed by atoms with Crippen molar-refractivity contribution < 1.29 is 14.4 Å². The quantitative estimate of drug-likeness (QED) is 0.603. The molecule has 0 saturated carbocycles. The van der Waals surface area contributed by atoms with Gasteiger partial charge in [-0.2, -0.15) is 0 Å². The van der Waals surface area contributed by atoms with Crippen molar-refractivity contribution >= 4 is 17.7 Å². The number of rotatable bonds is 6. The second kappa shape index (κ2) is 6.89. The Kier molecular flexibility index (Phi) is 5.71. The Morgan fingerprint density at radius 1 is 1.38 bits per heavy atom. The first-order chi connectivity index (χ1) is 9.65. The number of carbonyl (C=O) groups excluding carboxylic acids is 3. The zero-order chi connectivity index (χ0) is 16.3. The molecule has 0 spiro atoms. The fraction of sp³-hybridized carbons (Fsp3) is 0.786. The molecule has 1 saturated heterocycles. The zero-order valence-electron chi connectivity index (χ0n) is 13.1. The molecular formula is C14H26N4O3. The lowest BCUT2D eigenvalue weighted by atomic mass is 10.0. The molecule has 1 heterocycles. The number of amides is 3. The first kappa shape index (κ1) is 17.4. The highest BCUT2D eigenvalue weighted by Crippen LogP contribution is 2.22. The molecule has 120 valence electrons. The maximum atomic E-state index is 12.3. The number of hydrogen-bond acceptors (Lipinski definition) is 4. The summed E-state index contributed by atoms with van der Waals surface area (Å²) in [5.74, 6) is -0.865. The van der Waals surface area contributed by atoms with Crippen molar-refractivity contribution in [3.63, 3.8) is 0 Å². The predicted molar refractivity (Wildman–Crippen MR) is 78.9 cm³/mol. The SMILES string of the molecule is CC(C)C[C@H](N)C(=O)N[C@@H]1CC(C)N([C@@H](C)C(N)=O)C1=O. The lowest BCUT2D eigenvalue weighted by Gasteiger charge is -2.26. The van der Waals surface area contributed by atoms with Gasteiger partial charge in [0.15, 0.2) is 0 Å². The van der Waals surface area contributed by atoms with Gasteiger partial charge in [-0.3, -0.25) is 14.4 Å². The summed E-state index contributed by atoms with van der Waals surface area (Å²) in [5.41, 5.74) is 11.1. The zero-order valence-corrected chi connectivity index (χ0v) is 13.1. The lowest BCUT2D eigenvalue weighted by Crippen LogP contribution is -2.51. The summed E-state index contributed by atoms with van der Waals surface area (Å²) < 4.78 is 0. The molecule has 0 bridgehead atoms. The van der Waals surface area contributed by atoms with E-state index in [-0.39, 0.29) is 17.9 Å². The standard InChI is InChI=1S/C14H26N4O3/c1-7(2)5-10(15)13(20)17-11-6-8(3)18(14(11)21)9(4)12(16)19/h7-11H,5-6,15H2,1-4H3,(H2,16,19)(H,17,20)/t8?,9-,10-,11+/m0/s1. The van der Waals surface area contributed by atoms with Gasteiger partial charge in [0.25, 0.3) is 0 Å². The van der Waals surface area contributed by atoms with Gasteiger partial charge in [0.1, 0.15) is 12.1 Å². The Balaban J connectivity index is 2.68. The Morgan fingerprint density at radius 3 is 2.43 bits per heavy atom. The van der Waals surface area contributed by atoms with E-state index in [9.17, 15) is 14.4 Å². The monoisotopic (exact) mass is 298 g/mol. The summed E-state index contributed by atoms with van der Waals surface area (Å²) in [5, 5.41) is 2.68. The van der Waals surface area contributed by atoms with Crippen molar-refractivity contribution in [3.05, 3.63) is 0 Å². The van der Waals surface area contributed by atoms with E-state index in [1.165, 1.54) is 4.90 Å². The third-order valence-electron chi connectivity index (χ3n) is 3.81. The van der Waals surface area contributed by atoms with Crippen LogP contribution in [0.15, 0.2) is 0 Å². The molecule has 0 aromatic carbocycles. The smallest absolute Gasteiger partial charge is 0.246 e. The second-order valence-corrected chi connectivity index (χ2v) is 6.21. The Labute approximate surface area is 125 Å². The van der Waals surface area contributed by atoms with Gasteiger partial charge in [-0.25, -0.2) is 0 Å². The molecule has 5 N–H and O–H groups in total. The van der Waals surface area contributed by atoms with Crippen LogP contribution in [0, 0.1) is 5.92 Å². The first-order valence-corrected chi connectivity index (χ1v) is 7.32. The van der Waals surface area contributed by atoms with Gasteiger partial charge in [0, 0.05) is 6.04 Å². The molecule has 1 rings (SSSR count). The largest absolute Gasteiger partial charge is 0.368 e. The van der Waals surface area contributed by atoms with Crippen LogP contribution >= 0.6 is 0 Å². The van der Waals surface area contributed by atoms with Crippen LogP contribution in [-0.2, 0) is 14.4 Å². The maximum absolute atomic E-state index is 12.3. The summed E-state index contributed by atoms with van der Waals surface area (Å²) in [6, 6.07) is -2.09. The van der Waals surface area contributed by atoms with Gasteiger partial charge >= 0.3 is 0 Å². The molecule has 4 atom stereocenters. The average molecular weight is 298 g/mol. The minimum atomic E-state index is -0.682. The molecule has 3 amide bonds. The van der Waals surface area contributed by atoms with E-state index >= 15 is 0 Å². The van der Waals surface area contributed by atoms with Gasteiger partial charge in [0.2, 0.25) is 17.7 Å². The lowest BCUT2D eigenvalue weighted by molar-refractivity contribution is -0.139. The van der Waals surface area contributed by atoms with Crippen molar-refractivity contribution in [2.75, 3.05) is 0 Å². The molecule has 0 aromatic heterocycles. The average Bonchev–Trinajstić information content (AvgIpc) is 2.62. The third kappa shape index (κ3) is 4.17. The van der Waals surface area contributed by atoms with Crippen molar-refractivity contribution in [2.24, 2.45) is 17.4 Å². The van der Waals surface area contributed by atoms with Crippen LogP contribution in [0.1, 0.15) is 40.5 Å². The van der Waals surface area contributed by atoms with Gasteiger partial charge in [0.05, 0.1) is 6.04 Å². The highest BCUT2D eigenvalue weighted by atomic mass is 16.2. The maximum Gasteiger partial charge on any atom is 0.246 e. The van der Waals surface area contributed by atoms with E-state index in [2.05, 4.69) is 5.32 Å². The van der Waals surface area contributed by atoms with Crippen LogP contribution in [0.3, 0.4) is 0 Å². The number of nitrogens with one attached hydrogen (secondary N) is 1. The molecule has 1 unspecified atom stereocenters. The molecule has 0 aromatic rings. The van der Waals surface area contributed by atoms with Crippen LogP contribution in [0.25, 0.3) is 0 Å². The number of hydrogen-bond donors (Lipinski definition) is 3. The van der Waals surface area contributed by atoms with Gasteiger partial charge in [-0.1, -0.05) is 13.8 Å². The Morgan fingerprint density at radius 2 is 1.95 bits per heavy atom. The molecule has 0 aliphatic carbocycles. The van der Waals surface area contributed by atoms with Crippen molar-refractivity contribution in [1.82, 2.24) is 10.2 Å². The molecule has 7 heteroatoms. The first-order valence-electron chi connectivity index (χ1n) is 7.32. The van der Waals surface area contributed by atoms with Gasteiger partial charge < -0.3 is 21.7 Å². The fourth-order valence-corrected chi connectivity index (χ4v) is 2.68. The second-order valence-electron chi connectivity index (χ2n) is 6.21. The summed E-state index contributed by atoms with van der Waals surface area (Å²) in [6.45, 7) is 7.38. The topological polar surface area (TPSA) is 119 Å². The molecule has 7 nitrogen and oxygen atoms in total. The molecular weight excluding hydrogens is 272 g/mol. The highest BCUT2D eigenvalue weighted by molar-refractivity contribution is 5.94. The molecule has 1 fully saturated rings. The Hall–Kier alpha value is -1.63. The Bertz CT molecular complexity index is 424. The van der Waals surface area contributed by atoms with E-state index in [0.717, 1.165) is 0 Å². The summed E-state index contributed by atoms with van der Waals surface area (Å²) in [7, 11) is 0. The normalized spacial score (nSPS) is 25.0. The van der Waals surface area contributed by atoms with Crippen LogP contribution in [-0.4, -0.2) is 46.8 Å². The van der Waals surface area contributed by atoms with E-state index in [1.807, 2.05) is 20.8 Å². The summed E-state index contributed by atoms with van der Waals surface area (Å²) in [6.07, 6.45) is 1.01. The molecule has 1 aliphatic heterocycles. The van der Waals surface area contributed by atoms with Gasteiger partial charge in [-0.05, 0) is 32.6 Å². The molecule has 0 radical (unpaired) electrons. The fourth-order valence-electron chi connectivity index (χ4n) is 2.68. The number of nitrogens with two attached hydrogens (primary N) is 2. The van der Waals surface area contributed by atoms with Crippen molar-refractivity contribution in [2.45, 2.75) is 64.7 Å². The number of nitrogens with zero attached hydrogens (tertiary/aromatic N) is 1. The van der Waals surface area contributed by atoms with Crippen LogP contribution in [0.5, 0.6) is 0 Å².